The molecule has 0 amide bonds. The lowest BCUT2D eigenvalue weighted by atomic mass is 10.3. The van der Waals surface area contributed by atoms with Crippen LogP contribution in [0.2, 0.25) is 6.04 Å². The van der Waals surface area contributed by atoms with Crippen LogP contribution in [0.3, 0.4) is 0 Å². The lowest BCUT2D eigenvalue weighted by Crippen LogP contribution is -3.03. The molecule has 0 aromatic heterocycles. The molecule has 25 heavy (non-hydrogen) atoms. The second-order valence-corrected chi connectivity index (χ2v) is 10.5. The molecule has 0 aromatic carbocycles. The lowest BCUT2D eigenvalue weighted by Gasteiger charge is -2.28. The summed E-state index contributed by atoms with van der Waals surface area (Å²) in [6.07, 6.45) is 1.99. The molecule has 0 fully saturated rings. The van der Waals surface area contributed by atoms with E-state index in [-0.39, 0.29) is 0 Å². The molecule has 0 saturated carbocycles. The minimum Gasteiger partial charge on any atom is -0.374 e. The standard InChI is InChI=1S/C16H39NO6Si2/c1-7-18-24(19-8-2,20-9-3)16-14-13-15-17-25(21-10-4,22-11-5)23-12-6/h17H,7-16H2,1-6H3/p+1. The first-order chi connectivity index (χ1) is 12.1. The van der Waals surface area contributed by atoms with Crippen LogP contribution in [-0.4, -0.2) is 64.0 Å². The zero-order valence-corrected chi connectivity index (χ0v) is 19.1. The molecular formula is C16H40NO6Si2+. The van der Waals surface area contributed by atoms with Crippen molar-refractivity contribution in [2.24, 2.45) is 0 Å². The van der Waals surface area contributed by atoms with Crippen molar-refractivity contribution in [2.75, 3.05) is 46.2 Å². The smallest absolute Gasteiger partial charge is 0.374 e. The highest BCUT2D eigenvalue weighted by molar-refractivity contribution is 6.60. The number of hydrogen-bond acceptors (Lipinski definition) is 6. The van der Waals surface area contributed by atoms with Crippen LogP contribution >= 0.6 is 0 Å². The van der Waals surface area contributed by atoms with E-state index in [1.807, 2.05) is 41.5 Å². The van der Waals surface area contributed by atoms with Gasteiger partial charge in [0.25, 0.3) is 0 Å². The average molecular weight is 399 g/mol. The van der Waals surface area contributed by atoms with Gasteiger partial charge in [-0.2, -0.15) is 0 Å². The summed E-state index contributed by atoms with van der Waals surface area (Å²) in [7, 11) is -5.18. The minimum atomic E-state index is -2.64. The Morgan fingerprint density at radius 1 is 0.560 bits per heavy atom. The molecule has 0 aliphatic heterocycles. The third kappa shape index (κ3) is 10.2. The molecule has 9 heteroatoms. The molecule has 0 radical (unpaired) electrons. The molecule has 0 aliphatic rings. The molecule has 152 valence electrons. The molecule has 0 aromatic rings. The van der Waals surface area contributed by atoms with E-state index in [4.69, 9.17) is 26.6 Å². The number of nitrogens with two attached hydrogens (primary N) is 1. The van der Waals surface area contributed by atoms with Gasteiger partial charge in [-0.1, -0.05) is 0 Å². The molecule has 2 N–H and O–H groups in total. The first-order valence-corrected chi connectivity index (χ1v) is 13.5. The average Bonchev–Trinajstić information content (AvgIpc) is 2.56. The number of unbranched alkanes of at least 4 members (excludes halogenated alkanes) is 1. The Labute approximate surface area is 156 Å². The Balaban J connectivity index is 4.49. The molecule has 7 nitrogen and oxygen atoms in total. The van der Waals surface area contributed by atoms with Gasteiger partial charge in [-0.3, -0.25) is 0 Å². The summed E-state index contributed by atoms with van der Waals surface area (Å²) in [5, 5.41) is 0. The quantitative estimate of drug-likeness (QED) is 0.281. The summed E-state index contributed by atoms with van der Waals surface area (Å²) in [5.41, 5.74) is 0. The SMILES string of the molecule is CCO[Si](CCCC[NH2+][Si](OCC)(OCC)OCC)(OCC)OCC. The van der Waals surface area contributed by atoms with Gasteiger partial charge in [0, 0.05) is 45.7 Å². The van der Waals surface area contributed by atoms with Crippen molar-refractivity contribution < 1.29 is 31.5 Å². The van der Waals surface area contributed by atoms with Crippen molar-refractivity contribution in [1.29, 1.82) is 0 Å². The van der Waals surface area contributed by atoms with Gasteiger partial charge in [0.1, 0.15) is 0 Å². The maximum atomic E-state index is 5.89. The largest absolute Gasteiger partial charge is 0.781 e. The van der Waals surface area contributed by atoms with Crippen LogP contribution in [0.4, 0.5) is 0 Å². The summed E-state index contributed by atoms with van der Waals surface area (Å²) >= 11 is 0. The van der Waals surface area contributed by atoms with Crippen molar-refractivity contribution >= 4 is 17.8 Å². The second-order valence-electron chi connectivity index (χ2n) is 5.33. The predicted octanol–water partition coefficient (Wildman–Crippen LogP) is 1.92. The van der Waals surface area contributed by atoms with Crippen molar-refractivity contribution in [1.82, 2.24) is 0 Å². The van der Waals surface area contributed by atoms with Crippen molar-refractivity contribution in [3.8, 4) is 0 Å². The summed E-state index contributed by atoms with van der Waals surface area (Å²) < 4.78 is 35.2. The molecule has 0 aliphatic carbocycles. The highest BCUT2D eigenvalue weighted by Gasteiger charge is 2.50. The topological polar surface area (TPSA) is 72.0 Å². The molecular weight excluding hydrogens is 358 g/mol. The molecule has 0 saturated heterocycles. The van der Waals surface area contributed by atoms with Gasteiger partial charge in [0.2, 0.25) is 0 Å². The van der Waals surface area contributed by atoms with Gasteiger partial charge >= 0.3 is 17.8 Å². The summed E-state index contributed by atoms with van der Waals surface area (Å²) in [6, 6.07) is 0.836. The minimum absolute atomic E-state index is 0.595. The zero-order valence-electron chi connectivity index (χ0n) is 17.1. The van der Waals surface area contributed by atoms with Crippen LogP contribution < -0.4 is 4.98 Å². The fourth-order valence-electron chi connectivity index (χ4n) is 2.67. The van der Waals surface area contributed by atoms with Gasteiger partial charge in [-0.05, 0) is 54.4 Å². The van der Waals surface area contributed by atoms with Crippen molar-refractivity contribution in [3.63, 3.8) is 0 Å². The molecule has 0 rings (SSSR count). The Morgan fingerprint density at radius 3 is 1.32 bits per heavy atom. The van der Waals surface area contributed by atoms with E-state index < -0.39 is 17.8 Å². The van der Waals surface area contributed by atoms with Crippen LogP contribution in [0.1, 0.15) is 54.4 Å². The molecule has 0 unspecified atom stereocenters. The van der Waals surface area contributed by atoms with Gasteiger partial charge in [0.15, 0.2) is 0 Å². The first-order valence-electron chi connectivity index (χ1n) is 9.75. The number of quaternary nitrogens is 1. The molecule has 0 atom stereocenters. The highest BCUT2D eigenvalue weighted by atomic mass is 28.4. The monoisotopic (exact) mass is 398 g/mol. The fourth-order valence-corrected chi connectivity index (χ4v) is 7.73. The van der Waals surface area contributed by atoms with Crippen LogP contribution in [0.25, 0.3) is 0 Å². The third-order valence-electron chi connectivity index (χ3n) is 3.46. The maximum absolute atomic E-state index is 5.89. The van der Waals surface area contributed by atoms with Crippen LogP contribution in [-0.2, 0) is 26.6 Å². The van der Waals surface area contributed by atoms with Gasteiger partial charge < -0.3 is 31.5 Å². The van der Waals surface area contributed by atoms with E-state index >= 15 is 0 Å². The Morgan fingerprint density at radius 2 is 0.960 bits per heavy atom. The van der Waals surface area contributed by atoms with Gasteiger partial charge in [-0.15, -0.1) is 0 Å². The van der Waals surface area contributed by atoms with E-state index in [0.29, 0.717) is 39.6 Å². The van der Waals surface area contributed by atoms with Crippen LogP contribution in [0.15, 0.2) is 0 Å². The lowest BCUT2D eigenvalue weighted by molar-refractivity contribution is -0.581. The number of hydrogen-bond donors (Lipinski definition) is 1. The van der Waals surface area contributed by atoms with Crippen LogP contribution in [0.5, 0.6) is 0 Å². The third-order valence-corrected chi connectivity index (χ3v) is 9.47. The summed E-state index contributed by atoms with van der Waals surface area (Å²) in [5.74, 6) is 0. The Kier molecular flexibility index (Phi) is 15.3. The van der Waals surface area contributed by atoms with E-state index in [2.05, 4.69) is 4.98 Å². The Bertz CT molecular complexity index is 250. The van der Waals surface area contributed by atoms with E-state index in [1.54, 1.807) is 0 Å². The molecule has 0 spiro atoms. The summed E-state index contributed by atoms with van der Waals surface area (Å²) in [6.45, 7) is 16.4. The maximum Gasteiger partial charge on any atom is 0.781 e. The van der Waals surface area contributed by atoms with E-state index in [1.165, 1.54) is 0 Å². The Hall–Kier alpha value is 0.154. The fraction of sp³-hybridized carbons (Fsp3) is 1.00. The summed E-state index contributed by atoms with van der Waals surface area (Å²) in [4.78, 5) is 2.12. The molecule has 0 heterocycles. The van der Waals surface area contributed by atoms with E-state index in [0.717, 1.165) is 25.4 Å². The van der Waals surface area contributed by atoms with Gasteiger partial charge in [-0.25, -0.2) is 0 Å². The number of rotatable bonds is 18. The van der Waals surface area contributed by atoms with Crippen molar-refractivity contribution in [3.05, 3.63) is 0 Å². The highest BCUT2D eigenvalue weighted by Crippen LogP contribution is 2.19. The van der Waals surface area contributed by atoms with Crippen LogP contribution in [0, 0.1) is 0 Å². The van der Waals surface area contributed by atoms with Gasteiger partial charge in [0.05, 0.1) is 6.54 Å². The van der Waals surface area contributed by atoms with E-state index in [9.17, 15) is 0 Å². The molecule has 0 bridgehead atoms. The zero-order chi connectivity index (χ0) is 19.0. The normalized spacial score (nSPS) is 12.7. The van der Waals surface area contributed by atoms with Crippen molar-refractivity contribution in [2.45, 2.75) is 60.4 Å². The second kappa shape index (κ2) is 15.2. The first kappa shape index (κ1) is 25.2. The predicted molar refractivity (Wildman–Crippen MR) is 102 cm³/mol.